The molecule has 0 bridgehead atoms. The average Bonchev–Trinajstić information content (AvgIpc) is 2.28. The number of carbonyl (C=O) groups is 2. The number of phenols is 1. The van der Waals surface area contributed by atoms with Crippen LogP contribution < -0.4 is 5.32 Å². The van der Waals surface area contributed by atoms with Gasteiger partial charge in [-0.25, -0.2) is 0 Å². The Labute approximate surface area is 99.1 Å². The molecular formula is C12H15NO4. The molecule has 92 valence electrons. The molecule has 0 radical (unpaired) electrons. The van der Waals surface area contributed by atoms with Gasteiger partial charge in [0.15, 0.2) is 0 Å². The molecule has 5 nitrogen and oxygen atoms in total. The fourth-order valence-corrected chi connectivity index (χ4v) is 1.32. The van der Waals surface area contributed by atoms with Crippen molar-refractivity contribution >= 4 is 17.6 Å². The van der Waals surface area contributed by atoms with Gasteiger partial charge in [-0.2, -0.15) is 0 Å². The number of aliphatic carboxylic acids is 1. The van der Waals surface area contributed by atoms with E-state index >= 15 is 0 Å². The van der Waals surface area contributed by atoms with Crippen LogP contribution in [0.25, 0.3) is 0 Å². The minimum Gasteiger partial charge on any atom is -0.507 e. The molecule has 1 aromatic rings. The highest BCUT2D eigenvalue weighted by molar-refractivity contribution is 6.04. The van der Waals surface area contributed by atoms with E-state index in [9.17, 15) is 14.7 Å². The highest BCUT2D eigenvalue weighted by Crippen LogP contribution is 2.28. The number of benzene rings is 1. The van der Waals surface area contributed by atoms with Crippen LogP contribution in [0, 0.1) is 19.8 Å². The van der Waals surface area contributed by atoms with Crippen LogP contribution in [0.3, 0.4) is 0 Å². The quantitative estimate of drug-likeness (QED) is 0.698. The van der Waals surface area contributed by atoms with Crippen molar-refractivity contribution in [2.24, 2.45) is 5.92 Å². The van der Waals surface area contributed by atoms with E-state index in [4.69, 9.17) is 5.11 Å². The molecule has 0 spiro atoms. The maximum atomic E-state index is 11.5. The third kappa shape index (κ3) is 2.75. The summed E-state index contributed by atoms with van der Waals surface area (Å²) in [7, 11) is 0. The van der Waals surface area contributed by atoms with E-state index in [1.165, 1.54) is 6.92 Å². The lowest BCUT2D eigenvalue weighted by Gasteiger charge is -2.12. The number of nitrogens with one attached hydrogen (secondary N) is 1. The molecule has 0 saturated carbocycles. The largest absolute Gasteiger partial charge is 0.507 e. The molecule has 0 unspecified atom stereocenters. The number of aryl methyl sites for hydroxylation is 1. The molecular weight excluding hydrogens is 222 g/mol. The Morgan fingerprint density at radius 3 is 2.41 bits per heavy atom. The van der Waals surface area contributed by atoms with Gasteiger partial charge in [0.1, 0.15) is 11.7 Å². The van der Waals surface area contributed by atoms with Crippen molar-refractivity contribution in [1.82, 2.24) is 0 Å². The fourth-order valence-electron chi connectivity index (χ4n) is 1.32. The van der Waals surface area contributed by atoms with Gasteiger partial charge in [0, 0.05) is 11.3 Å². The third-order valence-electron chi connectivity index (χ3n) is 2.65. The van der Waals surface area contributed by atoms with Gasteiger partial charge < -0.3 is 15.5 Å². The summed E-state index contributed by atoms with van der Waals surface area (Å²) in [5, 5.41) is 20.8. The summed E-state index contributed by atoms with van der Waals surface area (Å²) in [6.45, 7) is 4.71. The molecule has 0 aliphatic rings. The van der Waals surface area contributed by atoms with Crippen LogP contribution in [0.5, 0.6) is 5.75 Å². The number of phenolic OH excluding ortho intramolecular Hbond substituents is 1. The van der Waals surface area contributed by atoms with E-state index in [0.29, 0.717) is 16.8 Å². The van der Waals surface area contributed by atoms with Crippen molar-refractivity contribution in [2.75, 3.05) is 5.32 Å². The summed E-state index contributed by atoms with van der Waals surface area (Å²) in [5.41, 5.74) is 1.65. The molecule has 5 heteroatoms. The van der Waals surface area contributed by atoms with Crippen LogP contribution in [-0.2, 0) is 9.59 Å². The number of anilines is 1. The normalized spacial score (nSPS) is 11.9. The summed E-state index contributed by atoms with van der Waals surface area (Å²) < 4.78 is 0. The SMILES string of the molecule is Cc1ccc(NC(=O)[C@H](C)C(=O)O)c(C)c1O. The standard InChI is InChI=1S/C12H15NO4/c1-6-4-5-9(7(2)10(6)14)13-11(15)8(3)12(16)17/h4-5,8,14H,1-3H3,(H,13,15)(H,16,17)/t8-/m0/s1. The van der Waals surface area contributed by atoms with Crippen molar-refractivity contribution in [1.29, 1.82) is 0 Å². The van der Waals surface area contributed by atoms with Gasteiger partial charge in [0.2, 0.25) is 5.91 Å². The van der Waals surface area contributed by atoms with Gasteiger partial charge in [0.05, 0.1) is 0 Å². The first-order valence-corrected chi connectivity index (χ1v) is 5.17. The predicted octanol–water partition coefficient (Wildman–Crippen LogP) is 1.67. The number of carboxylic acids is 1. The minimum atomic E-state index is -1.18. The van der Waals surface area contributed by atoms with Crippen molar-refractivity contribution < 1.29 is 19.8 Å². The van der Waals surface area contributed by atoms with E-state index in [1.54, 1.807) is 26.0 Å². The summed E-state index contributed by atoms with van der Waals surface area (Å²) in [6, 6.07) is 3.29. The Morgan fingerprint density at radius 2 is 1.88 bits per heavy atom. The molecule has 1 amide bonds. The maximum Gasteiger partial charge on any atom is 0.315 e. The van der Waals surface area contributed by atoms with E-state index in [-0.39, 0.29) is 5.75 Å². The Kier molecular flexibility index (Phi) is 3.73. The van der Waals surface area contributed by atoms with Crippen LogP contribution in [0.2, 0.25) is 0 Å². The second-order valence-electron chi connectivity index (χ2n) is 3.95. The zero-order valence-electron chi connectivity index (χ0n) is 9.94. The van der Waals surface area contributed by atoms with Crippen molar-refractivity contribution in [2.45, 2.75) is 20.8 Å². The Morgan fingerprint density at radius 1 is 1.29 bits per heavy atom. The molecule has 17 heavy (non-hydrogen) atoms. The van der Waals surface area contributed by atoms with Gasteiger partial charge >= 0.3 is 5.97 Å². The maximum absolute atomic E-state index is 11.5. The van der Waals surface area contributed by atoms with Crippen LogP contribution in [0.1, 0.15) is 18.1 Å². The number of hydrogen-bond donors (Lipinski definition) is 3. The van der Waals surface area contributed by atoms with E-state index in [2.05, 4.69) is 5.32 Å². The summed E-state index contributed by atoms with van der Waals surface area (Å²) in [5.74, 6) is -2.82. The molecule has 1 rings (SSSR count). The number of hydrogen-bond acceptors (Lipinski definition) is 3. The number of aromatic hydroxyl groups is 1. The molecule has 0 heterocycles. The minimum absolute atomic E-state index is 0.103. The molecule has 0 saturated heterocycles. The first kappa shape index (κ1) is 13.0. The highest BCUT2D eigenvalue weighted by Gasteiger charge is 2.21. The number of carbonyl (C=O) groups excluding carboxylic acids is 1. The molecule has 3 N–H and O–H groups in total. The number of amides is 1. The van der Waals surface area contributed by atoms with Crippen molar-refractivity contribution in [3.8, 4) is 5.75 Å². The van der Waals surface area contributed by atoms with Crippen LogP contribution in [-0.4, -0.2) is 22.1 Å². The summed E-state index contributed by atoms with van der Waals surface area (Å²) in [6.07, 6.45) is 0. The van der Waals surface area contributed by atoms with Gasteiger partial charge in [-0.1, -0.05) is 6.07 Å². The number of carboxylic acid groups (broad SMARTS) is 1. The lowest BCUT2D eigenvalue weighted by molar-refractivity contribution is -0.144. The van der Waals surface area contributed by atoms with Crippen molar-refractivity contribution in [3.63, 3.8) is 0 Å². The lowest BCUT2D eigenvalue weighted by Crippen LogP contribution is -2.27. The Bertz CT molecular complexity index is 468. The van der Waals surface area contributed by atoms with Gasteiger partial charge in [-0.05, 0) is 32.4 Å². The van der Waals surface area contributed by atoms with E-state index < -0.39 is 17.8 Å². The topological polar surface area (TPSA) is 86.6 Å². The summed E-state index contributed by atoms with van der Waals surface area (Å²) in [4.78, 5) is 22.2. The fraction of sp³-hybridized carbons (Fsp3) is 0.333. The molecule has 1 atom stereocenters. The van der Waals surface area contributed by atoms with E-state index in [1.807, 2.05) is 0 Å². The average molecular weight is 237 g/mol. The smallest absolute Gasteiger partial charge is 0.315 e. The van der Waals surface area contributed by atoms with Gasteiger partial charge in [-0.3, -0.25) is 9.59 Å². The van der Waals surface area contributed by atoms with E-state index in [0.717, 1.165) is 0 Å². The first-order valence-electron chi connectivity index (χ1n) is 5.17. The van der Waals surface area contributed by atoms with Crippen molar-refractivity contribution in [3.05, 3.63) is 23.3 Å². The first-order chi connectivity index (χ1) is 7.84. The third-order valence-corrected chi connectivity index (χ3v) is 2.65. The van der Waals surface area contributed by atoms with Crippen LogP contribution in [0.15, 0.2) is 12.1 Å². The molecule has 0 aliphatic carbocycles. The zero-order chi connectivity index (χ0) is 13.2. The second kappa shape index (κ2) is 4.86. The predicted molar refractivity (Wildman–Crippen MR) is 63.0 cm³/mol. The molecule has 1 aromatic carbocycles. The molecule has 0 aromatic heterocycles. The van der Waals surface area contributed by atoms with Gasteiger partial charge in [-0.15, -0.1) is 0 Å². The monoisotopic (exact) mass is 237 g/mol. The lowest BCUT2D eigenvalue weighted by atomic mass is 10.1. The zero-order valence-corrected chi connectivity index (χ0v) is 9.94. The highest BCUT2D eigenvalue weighted by atomic mass is 16.4. The van der Waals surface area contributed by atoms with Crippen LogP contribution >= 0.6 is 0 Å². The second-order valence-corrected chi connectivity index (χ2v) is 3.95. The van der Waals surface area contributed by atoms with Crippen LogP contribution in [0.4, 0.5) is 5.69 Å². The Balaban J connectivity index is 2.94. The summed E-state index contributed by atoms with van der Waals surface area (Å²) >= 11 is 0. The van der Waals surface area contributed by atoms with Gasteiger partial charge in [0.25, 0.3) is 0 Å². The number of rotatable bonds is 3. The Hall–Kier alpha value is -2.04. The molecule has 0 fully saturated rings. The molecule has 0 aliphatic heterocycles.